The van der Waals surface area contributed by atoms with E-state index in [9.17, 15) is 0 Å². The van der Waals surface area contributed by atoms with Crippen LogP contribution in [-0.2, 0) is 4.84 Å². The summed E-state index contributed by atoms with van der Waals surface area (Å²) in [6, 6.07) is 7.49. The zero-order valence-corrected chi connectivity index (χ0v) is 7.40. The van der Waals surface area contributed by atoms with Crippen molar-refractivity contribution in [3.05, 3.63) is 24.3 Å². The van der Waals surface area contributed by atoms with Crippen LogP contribution in [0.3, 0.4) is 0 Å². The fourth-order valence-electron chi connectivity index (χ4n) is 1.16. The predicted octanol–water partition coefficient (Wildman–Crippen LogP) is 1.40. The molecule has 2 N–H and O–H groups in total. The fraction of sp³-hybridized carbons (Fsp3) is 0.222. The fourth-order valence-corrected chi connectivity index (χ4v) is 1.16. The van der Waals surface area contributed by atoms with Gasteiger partial charge in [0.05, 0.1) is 5.69 Å². The van der Waals surface area contributed by atoms with Crippen LogP contribution >= 0.6 is 0 Å². The SMILES string of the molecule is CC1=NCN(c2ccc(N)cc2)O1. The molecule has 1 heterocycles. The first-order chi connectivity index (χ1) is 6.25. The van der Waals surface area contributed by atoms with Crippen LogP contribution in [-0.4, -0.2) is 12.6 Å². The topological polar surface area (TPSA) is 50.8 Å². The third-order valence-corrected chi connectivity index (χ3v) is 1.85. The maximum Gasteiger partial charge on any atom is 0.216 e. The molecule has 1 aromatic carbocycles. The summed E-state index contributed by atoms with van der Waals surface area (Å²) in [5, 5.41) is 1.72. The van der Waals surface area contributed by atoms with Crippen molar-refractivity contribution in [1.29, 1.82) is 0 Å². The van der Waals surface area contributed by atoms with Gasteiger partial charge in [-0.25, -0.2) is 4.99 Å². The second-order valence-corrected chi connectivity index (χ2v) is 2.88. The van der Waals surface area contributed by atoms with Crippen molar-refractivity contribution in [2.75, 3.05) is 17.5 Å². The molecule has 1 aliphatic heterocycles. The van der Waals surface area contributed by atoms with Gasteiger partial charge in [-0.05, 0) is 24.3 Å². The van der Waals surface area contributed by atoms with E-state index in [2.05, 4.69) is 4.99 Å². The summed E-state index contributed by atoms with van der Waals surface area (Å²) in [4.78, 5) is 9.44. The average molecular weight is 177 g/mol. The standard InChI is InChI=1S/C9H11N3O/c1-7-11-6-12(13-7)9-4-2-8(10)3-5-9/h2-5H,6,10H2,1H3. The van der Waals surface area contributed by atoms with Gasteiger partial charge in [0.25, 0.3) is 0 Å². The first kappa shape index (κ1) is 7.91. The number of anilines is 2. The molecular weight excluding hydrogens is 166 g/mol. The zero-order chi connectivity index (χ0) is 9.26. The Balaban J connectivity index is 2.14. The predicted molar refractivity (Wildman–Crippen MR) is 52.4 cm³/mol. The molecule has 13 heavy (non-hydrogen) atoms. The highest BCUT2D eigenvalue weighted by Crippen LogP contribution is 2.19. The molecule has 0 fully saturated rings. The molecule has 2 rings (SSSR count). The molecule has 0 unspecified atom stereocenters. The summed E-state index contributed by atoms with van der Waals surface area (Å²) < 4.78 is 0. The van der Waals surface area contributed by atoms with E-state index in [0.717, 1.165) is 11.4 Å². The van der Waals surface area contributed by atoms with E-state index in [1.807, 2.05) is 31.2 Å². The van der Waals surface area contributed by atoms with Gasteiger partial charge in [0, 0.05) is 12.6 Å². The highest BCUT2D eigenvalue weighted by Gasteiger charge is 2.13. The van der Waals surface area contributed by atoms with Crippen LogP contribution in [0.25, 0.3) is 0 Å². The Morgan fingerprint density at radius 1 is 1.38 bits per heavy atom. The van der Waals surface area contributed by atoms with Gasteiger partial charge in [-0.3, -0.25) is 0 Å². The molecule has 0 radical (unpaired) electrons. The number of rotatable bonds is 1. The van der Waals surface area contributed by atoms with Crippen LogP contribution in [0, 0.1) is 0 Å². The Morgan fingerprint density at radius 3 is 2.62 bits per heavy atom. The first-order valence-corrected chi connectivity index (χ1v) is 4.08. The largest absolute Gasteiger partial charge is 0.399 e. The normalized spacial score (nSPS) is 15.5. The Kier molecular flexibility index (Phi) is 1.81. The monoisotopic (exact) mass is 177 g/mol. The van der Waals surface area contributed by atoms with Gasteiger partial charge in [-0.15, -0.1) is 0 Å². The van der Waals surface area contributed by atoms with E-state index in [4.69, 9.17) is 10.6 Å². The van der Waals surface area contributed by atoms with Gasteiger partial charge in [-0.1, -0.05) is 0 Å². The van der Waals surface area contributed by atoms with E-state index < -0.39 is 0 Å². The molecule has 0 aromatic heterocycles. The molecule has 1 aromatic rings. The van der Waals surface area contributed by atoms with Crippen molar-refractivity contribution < 1.29 is 4.84 Å². The smallest absolute Gasteiger partial charge is 0.216 e. The minimum Gasteiger partial charge on any atom is -0.399 e. The summed E-state index contributed by atoms with van der Waals surface area (Å²) in [7, 11) is 0. The summed E-state index contributed by atoms with van der Waals surface area (Å²) in [5.74, 6) is 0.692. The molecular formula is C9H11N3O. The number of nitrogens with two attached hydrogens (primary N) is 1. The van der Waals surface area contributed by atoms with Crippen molar-refractivity contribution in [1.82, 2.24) is 0 Å². The number of nitrogens with zero attached hydrogens (tertiary/aromatic N) is 2. The van der Waals surface area contributed by atoms with Crippen LogP contribution in [0.15, 0.2) is 29.3 Å². The molecule has 68 valence electrons. The summed E-state index contributed by atoms with van der Waals surface area (Å²) in [6.07, 6.45) is 0. The first-order valence-electron chi connectivity index (χ1n) is 4.08. The van der Waals surface area contributed by atoms with E-state index in [0.29, 0.717) is 12.6 Å². The number of hydrogen-bond acceptors (Lipinski definition) is 4. The zero-order valence-electron chi connectivity index (χ0n) is 7.40. The molecule has 0 amide bonds. The van der Waals surface area contributed by atoms with Crippen molar-refractivity contribution >= 4 is 17.3 Å². The Morgan fingerprint density at radius 2 is 2.08 bits per heavy atom. The summed E-state index contributed by atoms with van der Waals surface area (Å²) in [6.45, 7) is 2.38. The van der Waals surface area contributed by atoms with Gasteiger partial charge in [0.15, 0.2) is 0 Å². The molecule has 0 saturated heterocycles. The number of nitrogen functional groups attached to an aromatic ring is 1. The number of hydrogen-bond donors (Lipinski definition) is 1. The lowest BCUT2D eigenvalue weighted by molar-refractivity contribution is 0.297. The second-order valence-electron chi connectivity index (χ2n) is 2.88. The van der Waals surface area contributed by atoms with Crippen LogP contribution in [0.4, 0.5) is 11.4 Å². The highest BCUT2D eigenvalue weighted by molar-refractivity contribution is 5.76. The number of hydroxylamine groups is 1. The molecule has 0 spiro atoms. The van der Waals surface area contributed by atoms with Crippen LogP contribution < -0.4 is 10.8 Å². The lowest BCUT2D eigenvalue weighted by Crippen LogP contribution is -2.18. The minimum atomic E-state index is 0.551. The van der Waals surface area contributed by atoms with Gasteiger partial charge < -0.3 is 10.6 Å². The van der Waals surface area contributed by atoms with Crippen molar-refractivity contribution in [3.63, 3.8) is 0 Å². The third kappa shape index (κ3) is 1.56. The second kappa shape index (κ2) is 2.97. The quantitative estimate of drug-likeness (QED) is 0.659. The van der Waals surface area contributed by atoms with Crippen LogP contribution in [0.1, 0.15) is 6.92 Å². The van der Waals surface area contributed by atoms with Crippen molar-refractivity contribution in [2.24, 2.45) is 4.99 Å². The molecule has 0 atom stereocenters. The third-order valence-electron chi connectivity index (χ3n) is 1.85. The van der Waals surface area contributed by atoms with Crippen LogP contribution in [0.2, 0.25) is 0 Å². The molecule has 4 heteroatoms. The van der Waals surface area contributed by atoms with E-state index in [-0.39, 0.29) is 0 Å². The maximum absolute atomic E-state index is 5.56. The van der Waals surface area contributed by atoms with E-state index >= 15 is 0 Å². The van der Waals surface area contributed by atoms with Crippen molar-refractivity contribution in [3.8, 4) is 0 Å². The highest BCUT2D eigenvalue weighted by atomic mass is 16.7. The Labute approximate surface area is 76.6 Å². The van der Waals surface area contributed by atoms with Crippen molar-refractivity contribution in [2.45, 2.75) is 6.92 Å². The number of aliphatic imine (C=N–C) groups is 1. The van der Waals surface area contributed by atoms with Crippen LogP contribution in [0.5, 0.6) is 0 Å². The van der Waals surface area contributed by atoms with E-state index in [1.54, 1.807) is 5.06 Å². The Bertz CT molecular complexity index is 331. The number of benzene rings is 1. The summed E-state index contributed by atoms with van der Waals surface area (Å²) >= 11 is 0. The van der Waals surface area contributed by atoms with Gasteiger partial charge >= 0.3 is 0 Å². The lowest BCUT2D eigenvalue weighted by Gasteiger charge is -2.15. The molecule has 0 saturated carbocycles. The average Bonchev–Trinajstić information content (AvgIpc) is 2.53. The van der Waals surface area contributed by atoms with Gasteiger partial charge in [-0.2, -0.15) is 5.06 Å². The van der Waals surface area contributed by atoms with Gasteiger partial charge in [0.2, 0.25) is 5.90 Å². The minimum absolute atomic E-state index is 0.551. The molecule has 4 nitrogen and oxygen atoms in total. The lowest BCUT2D eigenvalue weighted by atomic mass is 10.3. The molecule has 0 aliphatic carbocycles. The molecule has 0 bridgehead atoms. The Hall–Kier alpha value is -1.71. The molecule has 1 aliphatic rings. The van der Waals surface area contributed by atoms with Gasteiger partial charge in [0.1, 0.15) is 6.67 Å². The summed E-state index contributed by atoms with van der Waals surface area (Å²) in [5.41, 5.74) is 7.28. The maximum atomic E-state index is 5.56. The van der Waals surface area contributed by atoms with E-state index in [1.165, 1.54) is 0 Å².